The van der Waals surface area contributed by atoms with E-state index in [0.717, 1.165) is 18.0 Å². The van der Waals surface area contributed by atoms with E-state index in [1.54, 1.807) is 41.7 Å². The molecule has 7 heteroatoms. The monoisotopic (exact) mass is 371 g/mol. The number of carbonyl (C=O) groups excluding carboxylic acids is 2. The minimum Gasteiger partial charge on any atom is -0.379 e. The van der Waals surface area contributed by atoms with Crippen molar-refractivity contribution in [3.63, 3.8) is 0 Å². The normalized spacial score (nSPS) is 15.1. The van der Waals surface area contributed by atoms with E-state index in [1.807, 2.05) is 17.5 Å². The van der Waals surface area contributed by atoms with E-state index in [0.29, 0.717) is 31.1 Å². The quantitative estimate of drug-likeness (QED) is 0.766. The molecule has 26 heavy (non-hydrogen) atoms. The van der Waals surface area contributed by atoms with Crippen LogP contribution in [0.4, 0.5) is 11.4 Å². The highest BCUT2D eigenvalue weighted by atomic mass is 32.1. The first-order valence-corrected chi connectivity index (χ1v) is 9.29. The Morgan fingerprint density at radius 2 is 1.77 bits per heavy atom. The van der Waals surface area contributed by atoms with Gasteiger partial charge in [0.05, 0.1) is 19.8 Å². The number of hydrogen-bond acceptors (Lipinski definition) is 5. The van der Waals surface area contributed by atoms with E-state index < -0.39 is 0 Å². The molecular formula is C19H21N3O3S. The number of nitrogens with zero attached hydrogens (tertiary/aromatic N) is 1. The maximum Gasteiger partial charge on any atom is 0.248 e. The van der Waals surface area contributed by atoms with E-state index in [9.17, 15) is 9.59 Å². The summed E-state index contributed by atoms with van der Waals surface area (Å²) < 4.78 is 5.27. The molecule has 0 saturated carbocycles. The Labute approximate surface area is 156 Å². The van der Waals surface area contributed by atoms with Gasteiger partial charge in [-0.25, -0.2) is 0 Å². The third-order valence-electron chi connectivity index (χ3n) is 3.85. The fourth-order valence-electron chi connectivity index (χ4n) is 2.53. The fraction of sp³-hybridized carbons (Fsp3) is 0.263. The number of ether oxygens (including phenoxy) is 1. The van der Waals surface area contributed by atoms with Gasteiger partial charge in [-0.05, 0) is 41.8 Å². The van der Waals surface area contributed by atoms with Crippen molar-refractivity contribution < 1.29 is 14.3 Å². The van der Waals surface area contributed by atoms with Crippen LogP contribution in [0.3, 0.4) is 0 Å². The molecular weight excluding hydrogens is 350 g/mol. The van der Waals surface area contributed by atoms with Crippen LogP contribution < -0.4 is 10.6 Å². The van der Waals surface area contributed by atoms with Gasteiger partial charge in [-0.3, -0.25) is 14.5 Å². The van der Waals surface area contributed by atoms with Crippen LogP contribution in [-0.2, 0) is 14.3 Å². The minimum absolute atomic E-state index is 0.0532. The van der Waals surface area contributed by atoms with Crippen LogP contribution in [0, 0.1) is 0 Å². The molecule has 136 valence electrons. The van der Waals surface area contributed by atoms with E-state index in [1.165, 1.54) is 6.08 Å². The zero-order valence-electron chi connectivity index (χ0n) is 14.3. The molecule has 2 heterocycles. The van der Waals surface area contributed by atoms with Crippen molar-refractivity contribution in [3.05, 3.63) is 52.7 Å². The summed E-state index contributed by atoms with van der Waals surface area (Å²) in [5.41, 5.74) is 1.38. The lowest BCUT2D eigenvalue weighted by molar-refractivity contribution is -0.118. The summed E-state index contributed by atoms with van der Waals surface area (Å²) in [4.78, 5) is 27.1. The molecule has 1 aliphatic heterocycles. The van der Waals surface area contributed by atoms with Crippen molar-refractivity contribution in [1.82, 2.24) is 4.90 Å². The van der Waals surface area contributed by atoms with E-state index in [2.05, 4.69) is 15.5 Å². The first-order chi connectivity index (χ1) is 12.7. The summed E-state index contributed by atoms with van der Waals surface area (Å²) >= 11 is 1.57. The third kappa shape index (κ3) is 5.80. The second-order valence-electron chi connectivity index (χ2n) is 5.85. The Bertz CT molecular complexity index is 751. The first-order valence-electron chi connectivity index (χ1n) is 8.42. The molecule has 1 saturated heterocycles. The van der Waals surface area contributed by atoms with Crippen LogP contribution in [0.2, 0.25) is 0 Å². The van der Waals surface area contributed by atoms with Crippen LogP contribution in [-0.4, -0.2) is 49.6 Å². The van der Waals surface area contributed by atoms with Crippen molar-refractivity contribution in [3.8, 4) is 0 Å². The van der Waals surface area contributed by atoms with Crippen LogP contribution in [0.1, 0.15) is 4.88 Å². The molecule has 2 N–H and O–H groups in total. The highest BCUT2D eigenvalue weighted by Crippen LogP contribution is 2.14. The van der Waals surface area contributed by atoms with Gasteiger partial charge in [-0.15, -0.1) is 11.3 Å². The summed E-state index contributed by atoms with van der Waals surface area (Å²) in [5.74, 6) is -0.245. The lowest BCUT2D eigenvalue weighted by atomic mass is 10.2. The first kappa shape index (κ1) is 18.3. The van der Waals surface area contributed by atoms with Crippen molar-refractivity contribution >= 4 is 40.6 Å². The van der Waals surface area contributed by atoms with Crippen molar-refractivity contribution in [2.24, 2.45) is 0 Å². The van der Waals surface area contributed by atoms with Gasteiger partial charge in [0.1, 0.15) is 0 Å². The molecule has 0 radical (unpaired) electrons. The molecule has 0 aliphatic carbocycles. The summed E-state index contributed by atoms with van der Waals surface area (Å²) in [7, 11) is 0. The molecule has 1 fully saturated rings. The van der Waals surface area contributed by atoms with Crippen LogP contribution in [0.25, 0.3) is 6.08 Å². The van der Waals surface area contributed by atoms with Gasteiger partial charge < -0.3 is 15.4 Å². The number of thiophene rings is 1. The Balaban J connectivity index is 1.46. The summed E-state index contributed by atoms with van der Waals surface area (Å²) in [6.45, 7) is 3.25. The third-order valence-corrected chi connectivity index (χ3v) is 4.69. The van der Waals surface area contributed by atoms with Gasteiger partial charge in [0, 0.05) is 35.4 Å². The van der Waals surface area contributed by atoms with Crippen LogP contribution in [0.5, 0.6) is 0 Å². The fourth-order valence-corrected chi connectivity index (χ4v) is 3.15. The van der Waals surface area contributed by atoms with E-state index in [4.69, 9.17) is 4.74 Å². The summed E-state index contributed by atoms with van der Waals surface area (Å²) in [6.07, 6.45) is 3.28. The number of rotatable bonds is 6. The largest absolute Gasteiger partial charge is 0.379 e. The molecule has 3 rings (SSSR count). The molecule has 0 spiro atoms. The van der Waals surface area contributed by atoms with Gasteiger partial charge >= 0.3 is 0 Å². The molecule has 6 nitrogen and oxygen atoms in total. The van der Waals surface area contributed by atoms with Crippen molar-refractivity contribution in [2.75, 3.05) is 43.5 Å². The van der Waals surface area contributed by atoms with Gasteiger partial charge in [0.25, 0.3) is 0 Å². The number of nitrogens with one attached hydrogen (secondary N) is 2. The average molecular weight is 371 g/mol. The lowest BCUT2D eigenvalue weighted by Gasteiger charge is -2.25. The number of carbonyl (C=O) groups is 2. The SMILES string of the molecule is O=C(/C=C/c1cccs1)Nc1ccc(NC(=O)CN2CCOCC2)cc1. The Morgan fingerprint density at radius 1 is 1.08 bits per heavy atom. The maximum atomic E-state index is 12.1. The van der Waals surface area contributed by atoms with E-state index in [-0.39, 0.29) is 11.8 Å². The van der Waals surface area contributed by atoms with Gasteiger partial charge in [0.2, 0.25) is 11.8 Å². The predicted octanol–water partition coefficient (Wildman–Crippen LogP) is 2.67. The topological polar surface area (TPSA) is 70.7 Å². The predicted molar refractivity (Wildman–Crippen MR) is 104 cm³/mol. The second-order valence-corrected chi connectivity index (χ2v) is 6.83. The maximum absolute atomic E-state index is 12.1. The van der Waals surface area contributed by atoms with Crippen molar-refractivity contribution in [1.29, 1.82) is 0 Å². The molecule has 1 aliphatic rings. The molecule has 1 aromatic carbocycles. The smallest absolute Gasteiger partial charge is 0.248 e. The molecule has 0 atom stereocenters. The molecule has 2 aromatic rings. The minimum atomic E-state index is -0.192. The van der Waals surface area contributed by atoms with Crippen LogP contribution in [0.15, 0.2) is 47.9 Å². The zero-order valence-corrected chi connectivity index (χ0v) is 15.1. The number of amides is 2. The number of hydrogen-bond donors (Lipinski definition) is 2. The van der Waals surface area contributed by atoms with Gasteiger partial charge in [0.15, 0.2) is 0 Å². The highest BCUT2D eigenvalue weighted by Gasteiger charge is 2.14. The molecule has 0 unspecified atom stereocenters. The Kier molecular flexibility index (Phi) is 6.54. The number of anilines is 2. The average Bonchev–Trinajstić information content (AvgIpc) is 3.16. The van der Waals surface area contributed by atoms with E-state index >= 15 is 0 Å². The van der Waals surface area contributed by atoms with Gasteiger partial charge in [-0.1, -0.05) is 6.07 Å². The molecule has 1 aromatic heterocycles. The standard InChI is InChI=1S/C19H21N3O3S/c23-18(8-7-17-2-1-13-26-17)20-15-3-5-16(6-4-15)21-19(24)14-22-9-11-25-12-10-22/h1-8,13H,9-12,14H2,(H,20,23)(H,21,24)/b8-7+. The molecule has 2 amide bonds. The second kappa shape index (κ2) is 9.28. The highest BCUT2D eigenvalue weighted by molar-refractivity contribution is 7.10. The van der Waals surface area contributed by atoms with Crippen molar-refractivity contribution in [2.45, 2.75) is 0 Å². The van der Waals surface area contributed by atoms with Crippen LogP contribution >= 0.6 is 11.3 Å². The summed E-state index contributed by atoms with van der Waals surface area (Å²) in [6, 6.07) is 11.0. The Morgan fingerprint density at radius 3 is 2.42 bits per heavy atom. The Hall–Kier alpha value is -2.48. The molecule has 0 bridgehead atoms. The summed E-state index contributed by atoms with van der Waals surface area (Å²) in [5, 5.41) is 7.62. The number of morpholine rings is 1. The number of benzene rings is 1. The van der Waals surface area contributed by atoms with Gasteiger partial charge in [-0.2, -0.15) is 0 Å². The lowest BCUT2D eigenvalue weighted by Crippen LogP contribution is -2.41. The zero-order chi connectivity index (χ0) is 18.2.